The number of pyridine rings is 1. The van der Waals surface area contributed by atoms with Crippen molar-refractivity contribution < 1.29 is 14.3 Å². The third-order valence-corrected chi connectivity index (χ3v) is 9.22. The van der Waals surface area contributed by atoms with E-state index < -0.39 is 5.41 Å². The number of allylic oxidation sites excluding steroid dienone is 3. The molecule has 41 heavy (non-hydrogen) atoms. The highest BCUT2D eigenvalue weighted by Gasteiger charge is 2.37. The monoisotopic (exact) mass is 553 g/mol. The van der Waals surface area contributed by atoms with Crippen LogP contribution < -0.4 is 0 Å². The van der Waals surface area contributed by atoms with Crippen LogP contribution in [-0.2, 0) is 11.2 Å². The molecular weight excluding hydrogens is 517 g/mol. The van der Waals surface area contributed by atoms with Crippen LogP contribution in [0.25, 0.3) is 16.5 Å². The van der Waals surface area contributed by atoms with Gasteiger partial charge in [-0.3, -0.25) is 14.7 Å². The van der Waals surface area contributed by atoms with E-state index in [1.165, 1.54) is 12.1 Å². The number of H-pyrrole nitrogens is 1. The van der Waals surface area contributed by atoms with Gasteiger partial charge in [0.25, 0.3) is 0 Å². The molecule has 0 radical (unpaired) electrons. The number of rotatable bonds is 6. The summed E-state index contributed by atoms with van der Waals surface area (Å²) in [5.74, 6) is 0.522. The van der Waals surface area contributed by atoms with E-state index in [1.807, 2.05) is 17.2 Å². The average molecular weight is 554 g/mol. The fraction of sp³-hybridized carbons (Fsp3) is 0.424. The maximum Gasteiger partial charge on any atom is 0.236 e. The van der Waals surface area contributed by atoms with Gasteiger partial charge in [0.1, 0.15) is 11.6 Å². The van der Waals surface area contributed by atoms with Crippen LogP contribution in [0, 0.1) is 28.5 Å². The van der Waals surface area contributed by atoms with Gasteiger partial charge in [0.2, 0.25) is 5.91 Å². The first-order valence-electron chi connectivity index (χ1n) is 14.6. The molecule has 2 aromatic heterocycles. The minimum Gasteiger partial charge on any atom is -0.507 e. The van der Waals surface area contributed by atoms with Crippen molar-refractivity contribution in [2.24, 2.45) is 11.3 Å². The summed E-state index contributed by atoms with van der Waals surface area (Å²) < 4.78 is 13.3. The second kappa shape index (κ2) is 11.5. The van der Waals surface area contributed by atoms with E-state index in [1.54, 1.807) is 18.3 Å². The highest BCUT2D eigenvalue weighted by atomic mass is 19.1. The molecule has 212 valence electrons. The number of aromatic nitrogens is 2. The summed E-state index contributed by atoms with van der Waals surface area (Å²) in [4.78, 5) is 24.9. The lowest BCUT2D eigenvalue weighted by Gasteiger charge is -2.39. The van der Waals surface area contributed by atoms with Gasteiger partial charge in [-0.2, -0.15) is 5.26 Å². The lowest BCUT2D eigenvalue weighted by molar-refractivity contribution is -0.134. The number of likely N-dealkylation sites (tertiary alicyclic amines) is 2. The van der Waals surface area contributed by atoms with Crippen molar-refractivity contribution in [3.8, 4) is 6.07 Å². The molecule has 0 atom stereocenters. The van der Waals surface area contributed by atoms with Crippen molar-refractivity contribution in [1.29, 1.82) is 5.26 Å². The summed E-state index contributed by atoms with van der Waals surface area (Å²) in [5.41, 5.74) is 4.37. The SMILES string of the molecule is N#CC1(Cc2ccc(F)cc2)CCN(C(=O)CN2CCC(C3=CCCC(c4cc5ccncc5[nH]4)=C3O)CC2)CC1. The van der Waals surface area contributed by atoms with Crippen molar-refractivity contribution in [3.63, 3.8) is 0 Å². The molecule has 2 saturated heterocycles. The van der Waals surface area contributed by atoms with Gasteiger partial charge in [0.05, 0.1) is 29.7 Å². The van der Waals surface area contributed by atoms with E-state index in [2.05, 4.69) is 33.1 Å². The second-order valence-electron chi connectivity index (χ2n) is 11.8. The summed E-state index contributed by atoms with van der Waals surface area (Å²) >= 11 is 0. The summed E-state index contributed by atoms with van der Waals surface area (Å²) in [7, 11) is 0. The van der Waals surface area contributed by atoms with Gasteiger partial charge in [-0.15, -0.1) is 0 Å². The smallest absolute Gasteiger partial charge is 0.236 e. The molecular formula is C33H36FN5O2. The van der Waals surface area contributed by atoms with Crippen LogP contribution in [0.2, 0.25) is 0 Å². The maximum atomic E-state index is 13.3. The molecule has 2 fully saturated rings. The Labute approximate surface area is 240 Å². The number of nitriles is 1. The molecule has 0 bridgehead atoms. The first-order chi connectivity index (χ1) is 19.9. The summed E-state index contributed by atoms with van der Waals surface area (Å²) in [6.45, 7) is 3.16. The van der Waals surface area contributed by atoms with Gasteiger partial charge in [-0.25, -0.2) is 4.39 Å². The topological polar surface area (TPSA) is 96.3 Å². The molecule has 2 N–H and O–H groups in total. The van der Waals surface area contributed by atoms with Crippen molar-refractivity contribution in [1.82, 2.24) is 19.8 Å². The lowest BCUT2D eigenvalue weighted by Crippen LogP contribution is -2.48. The zero-order valence-electron chi connectivity index (χ0n) is 23.3. The number of carbonyl (C=O) groups excluding carboxylic acids is 1. The van der Waals surface area contributed by atoms with E-state index in [-0.39, 0.29) is 17.6 Å². The Hall–Kier alpha value is -3.96. The minimum atomic E-state index is -0.515. The highest BCUT2D eigenvalue weighted by molar-refractivity contribution is 5.85. The molecule has 7 nitrogen and oxygen atoms in total. The number of carbonyl (C=O) groups is 1. The molecule has 6 rings (SSSR count). The Morgan fingerprint density at radius 2 is 1.90 bits per heavy atom. The summed E-state index contributed by atoms with van der Waals surface area (Å²) in [6.07, 6.45) is 11.1. The molecule has 3 aromatic rings. The molecule has 0 spiro atoms. The molecule has 1 aromatic carbocycles. The van der Waals surface area contributed by atoms with Crippen molar-refractivity contribution >= 4 is 22.4 Å². The lowest BCUT2D eigenvalue weighted by atomic mass is 9.75. The second-order valence-corrected chi connectivity index (χ2v) is 11.8. The predicted molar refractivity (Wildman–Crippen MR) is 156 cm³/mol. The molecule has 3 aliphatic rings. The standard InChI is InChI=1S/C33H36FN5O2/c34-26-6-4-23(5-7-26)19-33(22-35)11-16-39(17-12-33)31(40)21-38-14-9-24(10-15-38)27-2-1-3-28(32(27)41)29-18-25-8-13-36-20-30(25)37-29/h2,4-8,13,18,20,24,37,41H,1,3,9-12,14-17,19,21H2. The van der Waals surface area contributed by atoms with Gasteiger partial charge in [0, 0.05) is 35.9 Å². The number of benzene rings is 1. The highest BCUT2D eigenvalue weighted by Crippen LogP contribution is 2.39. The van der Waals surface area contributed by atoms with Crippen LogP contribution in [0.15, 0.2) is 66.2 Å². The van der Waals surface area contributed by atoms with E-state index in [9.17, 15) is 19.6 Å². The molecule has 4 heterocycles. The minimum absolute atomic E-state index is 0.118. The Bertz CT molecular complexity index is 1480. The van der Waals surface area contributed by atoms with Crippen LogP contribution in [0.5, 0.6) is 0 Å². The fourth-order valence-electron chi connectivity index (χ4n) is 6.72. The number of halogens is 1. The number of nitrogens with one attached hydrogen (secondary N) is 1. The van der Waals surface area contributed by atoms with Crippen LogP contribution in [0.3, 0.4) is 0 Å². The van der Waals surface area contributed by atoms with E-state index >= 15 is 0 Å². The van der Waals surface area contributed by atoms with Gasteiger partial charge >= 0.3 is 0 Å². The fourth-order valence-corrected chi connectivity index (χ4v) is 6.72. The number of aliphatic hydroxyl groups is 1. The van der Waals surface area contributed by atoms with Gasteiger partial charge in [-0.1, -0.05) is 18.2 Å². The quantitative estimate of drug-likeness (QED) is 0.404. The molecule has 2 aliphatic heterocycles. The Morgan fingerprint density at radius 1 is 1.15 bits per heavy atom. The van der Waals surface area contributed by atoms with Crippen LogP contribution in [0.1, 0.15) is 49.8 Å². The van der Waals surface area contributed by atoms with Crippen LogP contribution >= 0.6 is 0 Å². The molecule has 1 aliphatic carbocycles. The van der Waals surface area contributed by atoms with Gasteiger partial charge in [0.15, 0.2) is 0 Å². The number of hydrogen-bond donors (Lipinski definition) is 2. The number of fused-ring (bicyclic) bond motifs is 1. The Balaban J connectivity index is 1.02. The number of piperidine rings is 2. The maximum absolute atomic E-state index is 13.3. The van der Waals surface area contributed by atoms with E-state index in [0.717, 1.165) is 72.1 Å². The Kier molecular flexibility index (Phi) is 7.63. The van der Waals surface area contributed by atoms with E-state index in [4.69, 9.17) is 0 Å². The molecule has 0 saturated carbocycles. The number of aliphatic hydroxyl groups excluding tert-OH is 1. The number of amides is 1. The molecule has 0 unspecified atom stereocenters. The molecule has 8 heteroatoms. The van der Waals surface area contributed by atoms with E-state index in [0.29, 0.717) is 44.7 Å². The van der Waals surface area contributed by atoms with Crippen LogP contribution in [-0.4, -0.2) is 63.5 Å². The average Bonchev–Trinajstić information content (AvgIpc) is 3.43. The van der Waals surface area contributed by atoms with Gasteiger partial charge in [-0.05, 0) is 99.4 Å². The predicted octanol–water partition coefficient (Wildman–Crippen LogP) is 5.78. The van der Waals surface area contributed by atoms with Crippen molar-refractivity contribution in [2.75, 3.05) is 32.7 Å². The third kappa shape index (κ3) is 5.77. The zero-order chi connectivity index (χ0) is 28.4. The molecule has 1 amide bonds. The normalized spacial score (nSPS) is 20.2. The Morgan fingerprint density at radius 3 is 2.61 bits per heavy atom. The largest absolute Gasteiger partial charge is 0.507 e. The van der Waals surface area contributed by atoms with Crippen LogP contribution in [0.4, 0.5) is 4.39 Å². The third-order valence-electron chi connectivity index (χ3n) is 9.22. The van der Waals surface area contributed by atoms with Gasteiger partial charge < -0.3 is 15.0 Å². The van der Waals surface area contributed by atoms with Crippen molar-refractivity contribution in [2.45, 2.75) is 44.9 Å². The van der Waals surface area contributed by atoms with Crippen molar-refractivity contribution in [3.05, 3.63) is 83.3 Å². The first-order valence-corrected chi connectivity index (χ1v) is 14.6. The number of nitrogens with zero attached hydrogens (tertiary/aromatic N) is 4. The number of aromatic amines is 1. The summed E-state index contributed by atoms with van der Waals surface area (Å²) in [6, 6.07) is 12.9. The summed E-state index contributed by atoms with van der Waals surface area (Å²) in [5, 5.41) is 22.3. The zero-order valence-corrected chi connectivity index (χ0v) is 23.3. The number of hydrogen-bond acceptors (Lipinski definition) is 5. The first kappa shape index (κ1) is 27.2.